The minimum Gasteiger partial charge on any atom is -0.512 e. The first kappa shape index (κ1) is 40.1. The number of ketones is 1. The maximum absolute atomic E-state index is 11.7. The van der Waals surface area contributed by atoms with Gasteiger partial charge >= 0.3 is 0 Å². The van der Waals surface area contributed by atoms with Crippen LogP contribution in [-0.4, -0.2) is 15.9 Å². The summed E-state index contributed by atoms with van der Waals surface area (Å²) in [6, 6.07) is 44.5. The molecule has 2 heterocycles. The van der Waals surface area contributed by atoms with E-state index in [1.807, 2.05) is 40.0 Å². The number of aliphatic hydroxyl groups is 1. The average Bonchev–Trinajstić information content (AvgIpc) is 3.56. The van der Waals surface area contributed by atoms with Crippen LogP contribution in [-0.2, 0) is 24.9 Å². The molecule has 0 aliphatic rings. The van der Waals surface area contributed by atoms with Crippen molar-refractivity contribution in [1.82, 2.24) is 4.98 Å². The maximum Gasteiger partial charge on any atom is 0.162 e. The summed E-state index contributed by atoms with van der Waals surface area (Å²) >= 11 is 0. The van der Waals surface area contributed by atoms with Crippen LogP contribution in [0, 0.1) is 25.3 Å². The SMILES string of the molecule is CCC(CC)C(=O)/C=C(\O)C(CC)CC.[CH3-].[Ir].[c-]1ccc2cc1c1cc3c(cn1)oc1ccc(cc13)c1cccc(c1)c1cccc(c1)c1cccc2c1. The third-order valence-electron chi connectivity index (χ3n) is 10.4. The van der Waals surface area contributed by atoms with Gasteiger partial charge in [0, 0.05) is 48.8 Å². The molecule has 12 bridgehead atoms. The Morgan fingerprint density at radius 1 is 0.648 bits per heavy atom. The minimum atomic E-state index is 0. The predicted octanol–water partition coefficient (Wildman–Crippen LogP) is 14.0. The van der Waals surface area contributed by atoms with Gasteiger partial charge in [-0.1, -0.05) is 94.4 Å². The van der Waals surface area contributed by atoms with E-state index in [4.69, 9.17) is 9.40 Å². The van der Waals surface area contributed by atoms with E-state index in [0.29, 0.717) is 0 Å². The van der Waals surface area contributed by atoms with Gasteiger partial charge in [0.2, 0.25) is 0 Å². The average molecular weight is 890 g/mol. The Hall–Kier alpha value is -5.09. The molecule has 0 aliphatic heterocycles. The summed E-state index contributed by atoms with van der Waals surface area (Å²) in [5.41, 5.74) is 2.54. The van der Waals surface area contributed by atoms with Crippen molar-refractivity contribution in [3.63, 3.8) is 0 Å². The minimum absolute atomic E-state index is 0. The molecule has 0 amide bonds. The molecule has 2 aromatic heterocycles. The number of pyridine rings is 1. The van der Waals surface area contributed by atoms with Crippen LogP contribution in [0.15, 0.2) is 138 Å². The Kier molecular flexibility index (Phi) is 13.2. The number of hydrogen-bond acceptors (Lipinski definition) is 4. The van der Waals surface area contributed by atoms with Crippen LogP contribution in [0.3, 0.4) is 0 Å². The van der Waals surface area contributed by atoms with Gasteiger partial charge in [0.25, 0.3) is 0 Å². The van der Waals surface area contributed by atoms with Gasteiger partial charge in [0.1, 0.15) is 5.58 Å². The second kappa shape index (κ2) is 17.8. The first-order valence-electron chi connectivity index (χ1n) is 18.5. The molecule has 5 heteroatoms. The second-order valence-electron chi connectivity index (χ2n) is 13.6. The van der Waals surface area contributed by atoms with Crippen molar-refractivity contribution in [3.8, 4) is 0 Å². The number of allylic oxidation sites excluding steroid dienone is 2. The van der Waals surface area contributed by atoms with Crippen LogP contribution in [0.4, 0.5) is 0 Å². The van der Waals surface area contributed by atoms with E-state index in [-0.39, 0.29) is 50.9 Å². The molecule has 6 aromatic carbocycles. The zero-order valence-corrected chi connectivity index (χ0v) is 34.0. The normalized spacial score (nSPS) is 11.6. The van der Waals surface area contributed by atoms with Crippen LogP contribution in [0.1, 0.15) is 53.4 Å². The van der Waals surface area contributed by atoms with Crippen molar-refractivity contribution in [1.29, 1.82) is 0 Å². The fraction of sp³-hybridized carbons (Fsp3) is 0.204. The van der Waals surface area contributed by atoms with Gasteiger partial charge in [-0.2, -0.15) is 0 Å². The Morgan fingerprint density at radius 3 is 1.65 bits per heavy atom. The Bertz CT molecular complexity index is 2520. The van der Waals surface area contributed by atoms with Crippen molar-refractivity contribution in [2.24, 2.45) is 11.8 Å². The molecule has 0 saturated heterocycles. The molecule has 4 nitrogen and oxygen atoms in total. The summed E-state index contributed by atoms with van der Waals surface area (Å²) in [5.74, 6) is 0.547. The molecule has 277 valence electrons. The van der Waals surface area contributed by atoms with Crippen LogP contribution >= 0.6 is 0 Å². The summed E-state index contributed by atoms with van der Waals surface area (Å²) in [6.07, 6.45) is 6.74. The maximum atomic E-state index is 11.7. The second-order valence-corrected chi connectivity index (χ2v) is 13.6. The van der Waals surface area contributed by atoms with Crippen LogP contribution in [0.5, 0.6) is 0 Å². The summed E-state index contributed by atoms with van der Waals surface area (Å²) in [4.78, 5) is 16.4. The number of carbonyl (C=O) groups is 1. The predicted molar refractivity (Wildman–Crippen MR) is 226 cm³/mol. The first-order valence-corrected chi connectivity index (χ1v) is 18.5. The van der Waals surface area contributed by atoms with Gasteiger partial charge < -0.3 is 21.9 Å². The molecule has 1 radical (unpaired) electrons. The number of aliphatic hydroxyl groups excluding tert-OH is 1. The number of rotatable bonds is 7. The first-order chi connectivity index (χ1) is 25.4. The van der Waals surface area contributed by atoms with Crippen molar-refractivity contribution in [3.05, 3.63) is 147 Å². The molecule has 0 saturated carbocycles. The summed E-state index contributed by atoms with van der Waals surface area (Å²) < 4.78 is 6.15. The van der Waals surface area contributed by atoms with Gasteiger partial charge in [-0.25, -0.2) is 0 Å². The van der Waals surface area contributed by atoms with E-state index in [2.05, 4.69) is 115 Å². The van der Waals surface area contributed by atoms with Gasteiger partial charge in [-0.3, -0.25) is 4.79 Å². The Balaban J connectivity index is 0.000000285. The monoisotopic (exact) mass is 890 g/mol. The van der Waals surface area contributed by atoms with Gasteiger partial charge in [-0.15, -0.1) is 35.0 Å². The van der Waals surface area contributed by atoms with E-state index in [9.17, 15) is 9.90 Å². The van der Waals surface area contributed by atoms with Gasteiger partial charge in [0.05, 0.1) is 12.0 Å². The van der Waals surface area contributed by atoms with Crippen LogP contribution < -0.4 is 0 Å². The van der Waals surface area contributed by atoms with E-state index in [1.54, 1.807) is 0 Å². The number of fused-ring (bicyclic) bond motifs is 15. The molecule has 0 atom stereocenters. The zero-order chi connectivity index (χ0) is 36.2. The number of furan rings is 1. The zero-order valence-electron chi connectivity index (χ0n) is 31.7. The van der Waals surface area contributed by atoms with Crippen molar-refractivity contribution in [2.75, 3.05) is 0 Å². The fourth-order valence-corrected chi connectivity index (χ4v) is 7.22. The molecule has 0 aliphatic carbocycles. The molecule has 0 fully saturated rings. The molecule has 0 unspecified atom stereocenters. The van der Waals surface area contributed by atoms with Crippen molar-refractivity contribution >= 4 is 81.7 Å². The number of carbonyl (C=O) groups excluding carboxylic acids is 1. The molecular formula is C49H47IrNO3-2. The quantitative estimate of drug-likeness (QED) is 0.0984. The summed E-state index contributed by atoms with van der Waals surface area (Å²) in [5, 5.41) is 22.3. The van der Waals surface area contributed by atoms with E-state index in [1.165, 1.54) is 38.4 Å². The third kappa shape index (κ3) is 8.34. The third-order valence-corrected chi connectivity index (χ3v) is 10.4. The number of benzene rings is 5. The molecule has 0 spiro atoms. The number of hydrogen-bond donors (Lipinski definition) is 1. The van der Waals surface area contributed by atoms with E-state index >= 15 is 0 Å². The van der Waals surface area contributed by atoms with Crippen molar-refractivity contribution in [2.45, 2.75) is 53.4 Å². The van der Waals surface area contributed by atoms with E-state index < -0.39 is 0 Å². The topological polar surface area (TPSA) is 63.3 Å². The van der Waals surface area contributed by atoms with Crippen molar-refractivity contribution < 1.29 is 34.4 Å². The fourth-order valence-electron chi connectivity index (χ4n) is 7.22. The Morgan fingerprint density at radius 2 is 1.13 bits per heavy atom. The smallest absolute Gasteiger partial charge is 0.162 e. The van der Waals surface area contributed by atoms with Crippen LogP contribution in [0.25, 0.3) is 75.9 Å². The number of nitrogens with zero attached hydrogens (tertiary/aromatic N) is 1. The molecule has 54 heavy (non-hydrogen) atoms. The van der Waals surface area contributed by atoms with E-state index in [0.717, 1.165) is 69.3 Å². The summed E-state index contributed by atoms with van der Waals surface area (Å²) in [6.45, 7) is 8.07. The Labute approximate surface area is 331 Å². The molecule has 1 N–H and O–H groups in total. The summed E-state index contributed by atoms with van der Waals surface area (Å²) in [7, 11) is 0. The number of aromatic nitrogens is 1. The molecule has 8 rings (SSSR count). The van der Waals surface area contributed by atoms with Crippen LogP contribution in [0.2, 0.25) is 0 Å². The van der Waals surface area contributed by atoms with Gasteiger partial charge in [0.15, 0.2) is 11.4 Å². The molecule has 8 aromatic rings. The largest absolute Gasteiger partial charge is 0.512 e. The van der Waals surface area contributed by atoms with Gasteiger partial charge in [-0.05, 0) is 99.2 Å². The standard InChI is InChI=1S/C35H20NO.C13H24O2.CH3.Ir/c1-5-22-15-23(6-1)25-8-3-10-27(17-25)29-13-14-34-31(19-29)32-20-33(36-21-35(32)37-34)30-12-4-11-28(18-30)26-9-2-7-24(22)16-26;1-5-10(6-2)12(14)9-13(15)11(7-3)8-4;;/h1-11,13-21H;9-11,14H,5-8H2,1-4H3;1H3;/q-1;;-1;/b;12-9-;;. The molecular weight excluding hydrogens is 843 g/mol.